The Labute approximate surface area is 147 Å². The van der Waals surface area contributed by atoms with Crippen LogP contribution in [-0.2, 0) is 4.79 Å². The van der Waals surface area contributed by atoms with Gasteiger partial charge in [-0.05, 0) is 54.8 Å². The third kappa shape index (κ3) is 4.23. The summed E-state index contributed by atoms with van der Waals surface area (Å²) in [6.45, 7) is 10.0. The Morgan fingerprint density at radius 2 is 1.75 bits per heavy atom. The quantitative estimate of drug-likeness (QED) is 0.855. The van der Waals surface area contributed by atoms with E-state index in [2.05, 4.69) is 24.5 Å². The van der Waals surface area contributed by atoms with Gasteiger partial charge in [0, 0.05) is 5.69 Å². The van der Waals surface area contributed by atoms with Crippen LogP contribution < -0.4 is 10.6 Å². The first-order chi connectivity index (χ1) is 11.3. The summed E-state index contributed by atoms with van der Waals surface area (Å²) in [4.78, 5) is 25.1. The molecule has 24 heavy (non-hydrogen) atoms. The molecule has 0 fully saturated rings. The molecule has 1 aromatic heterocycles. The van der Waals surface area contributed by atoms with E-state index in [1.165, 1.54) is 11.3 Å². The molecule has 2 amide bonds. The van der Waals surface area contributed by atoms with Gasteiger partial charge in [0.25, 0.3) is 5.91 Å². The van der Waals surface area contributed by atoms with Crippen molar-refractivity contribution < 1.29 is 9.59 Å². The Hall–Kier alpha value is -2.14. The lowest BCUT2D eigenvalue weighted by molar-refractivity contribution is -0.115. The minimum Gasteiger partial charge on any atom is -0.342 e. The van der Waals surface area contributed by atoms with E-state index in [0.29, 0.717) is 4.88 Å². The highest BCUT2D eigenvalue weighted by molar-refractivity contribution is 7.12. The van der Waals surface area contributed by atoms with Crippen molar-refractivity contribution in [3.63, 3.8) is 0 Å². The van der Waals surface area contributed by atoms with E-state index >= 15 is 0 Å². The maximum absolute atomic E-state index is 12.3. The van der Waals surface area contributed by atoms with E-state index < -0.39 is 0 Å². The number of carbonyl (C=O) groups excluding carboxylic acids is 2. The van der Waals surface area contributed by atoms with Gasteiger partial charge in [0.2, 0.25) is 5.91 Å². The highest BCUT2D eigenvalue weighted by atomic mass is 32.1. The largest absolute Gasteiger partial charge is 0.342 e. The summed E-state index contributed by atoms with van der Waals surface area (Å²) in [5, 5.41) is 7.51. The number of rotatable bonds is 5. The molecule has 0 saturated heterocycles. The summed E-state index contributed by atoms with van der Waals surface area (Å²) in [5.41, 5.74) is 5.04. The molecule has 2 N–H and O–H groups in total. The maximum Gasteiger partial charge on any atom is 0.262 e. The molecule has 0 atom stereocenters. The lowest BCUT2D eigenvalue weighted by Crippen LogP contribution is -2.33. The first-order valence-electron chi connectivity index (χ1n) is 8.03. The number of aryl methyl sites for hydroxylation is 3. The van der Waals surface area contributed by atoms with Gasteiger partial charge in [0.05, 0.1) is 11.4 Å². The van der Waals surface area contributed by atoms with Crippen LogP contribution in [0.4, 0.5) is 5.69 Å². The Kier molecular flexibility index (Phi) is 5.78. The second-order valence-corrected chi connectivity index (χ2v) is 7.28. The summed E-state index contributed by atoms with van der Waals surface area (Å²) in [5.74, 6) is -0.133. The summed E-state index contributed by atoms with van der Waals surface area (Å²) in [7, 11) is 0. The zero-order chi connectivity index (χ0) is 17.9. The second kappa shape index (κ2) is 7.62. The van der Waals surface area contributed by atoms with Crippen molar-refractivity contribution >= 4 is 28.8 Å². The number of amides is 2. The molecule has 2 rings (SSSR count). The smallest absolute Gasteiger partial charge is 0.262 e. The summed E-state index contributed by atoms with van der Waals surface area (Å²) < 4.78 is 0. The summed E-state index contributed by atoms with van der Waals surface area (Å²) >= 11 is 1.40. The van der Waals surface area contributed by atoms with Crippen molar-refractivity contribution in [2.75, 3.05) is 11.9 Å². The van der Waals surface area contributed by atoms with Gasteiger partial charge in [-0.3, -0.25) is 9.59 Å². The van der Waals surface area contributed by atoms with Crippen LogP contribution in [0.5, 0.6) is 0 Å². The van der Waals surface area contributed by atoms with Crippen LogP contribution >= 0.6 is 11.3 Å². The number of carbonyl (C=O) groups is 2. The van der Waals surface area contributed by atoms with E-state index in [4.69, 9.17) is 0 Å². The Bertz CT molecular complexity index is 739. The molecule has 1 aromatic carbocycles. The number of benzene rings is 1. The van der Waals surface area contributed by atoms with E-state index in [1.807, 2.05) is 44.4 Å². The Balaban J connectivity index is 1.99. The highest BCUT2D eigenvalue weighted by Gasteiger charge is 2.16. The van der Waals surface area contributed by atoms with Gasteiger partial charge in [-0.25, -0.2) is 0 Å². The molecule has 2 aromatic rings. The van der Waals surface area contributed by atoms with E-state index in [0.717, 1.165) is 27.9 Å². The molecule has 0 aliphatic carbocycles. The van der Waals surface area contributed by atoms with Crippen LogP contribution in [0.2, 0.25) is 0 Å². The van der Waals surface area contributed by atoms with Crippen molar-refractivity contribution in [2.45, 2.75) is 40.5 Å². The minimum absolute atomic E-state index is 0.0406. The summed E-state index contributed by atoms with van der Waals surface area (Å²) in [6, 6.07) is 6.02. The number of nitrogens with one attached hydrogen (secondary N) is 2. The van der Waals surface area contributed by atoms with Crippen molar-refractivity contribution in [2.24, 2.45) is 0 Å². The number of anilines is 1. The zero-order valence-corrected chi connectivity index (χ0v) is 15.6. The van der Waals surface area contributed by atoms with Crippen LogP contribution in [-0.4, -0.2) is 18.4 Å². The molecule has 0 aliphatic rings. The van der Waals surface area contributed by atoms with Gasteiger partial charge in [-0.2, -0.15) is 0 Å². The topological polar surface area (TPSA) is 58.2 Å². The molecule has 0 bridgehead atoms. The third-order valence-corrected chi connectivity index (χ3v) is 4.80. The van der Waals surface area contributed by atoms with Gasteiger partial charge in [-0.1, -0.05) is 31.5 Å². The molecule has 4 nitrogen and oxygen atoms in total. The molecule has 0 unspecified atom stereocenters. The van der Waals surface area contributed by atoms with Crippen molar-refractivity contribution in [3.8, 4) is 0 Å². The second-order valence-electron chi connectivity index (χ2n) is 6.36. The predicted molar refractivity (Wildman–Crippen MR) is 100 cm³/mol. The highest BCUT2D eigenvalue weighted by Crippen LogP contribution is 2.24. The average Bonchev–Trinajstić information content (AvgIpc) is 2.98. The fourth-order valence-corrected chi connectivity index (χ4v) is 3.73. The summed E-state index contributed by atoms with van der Waals surface area (Å²) in [6.07, 6.45) is 0. The van der Waals surface area contributed by atoms with E-state index in [1.54, 1.807) is 0 Å². The monoisotopic (exact) mass is 344 g/mol. The van der Waals surface area contributed by atoms with Crippen molar-refractivity contribution in [3.05, 3.63) is 50.7 Å². The van der Waals surface area contributed by atoms with Crippen LogP contribution in [0.3, 0.4) is 0 Å². The molecule has 5 heteroatoms. The van der Waals surface area contributed by atoms with Crippen LogP contribution in [0.25, 0.3) is 0 Å². The molecular formula is C19H24N2O2S. The van der Waals surface area contributed by atoms with Crippen molar-refractivity contribution in [1.29, 1.82) is 0 Å². The van der Waals surface area contributed by atoms with Gasteiger partial charge >= 0.3 is 0 Å². The standard InChI is InChI=1S/C19H24N2O2S/c1-11(2)15-6-7-24-18(15)19(23)20-10-16(22)21-17-13(4)8-12(3)9-14(17)5/h6-9,11H,10H2,1-5H3,(H,20,23)(H,21,22). The molecule has 0 aliphatic heterocycles. The van der Waals surface area contributed by atoms with Gasteiger partial charge in [0.1, 0.15) is 0 Å². The SMILES string of the molecule is Cc1cc(C)c(NC(=O)CNC(=O)c2sccc2C(C)C)c(C)c1. The number of hydrogen-bond acceptors (Lipinski definition) is 3. The Morgan fingerprint density at radius 1 is 1.12 bits per heavy atom. The minimum atomic E-state index is -0.221. The predicted octanol–water partition coefficient (Wildman–Crippen LogP) is 4.17. The molecule has 128 valence electrons. The van der Waals surface area contributed by atoms with Crippen LogP contribution in [0, 0.1) is 20.8 Å². The molecular weight excluding hydrogens is 320 g/mol. The van der Waals surface area contributed by atoms with Crippen molar-refractivity contribution in [1.82, 2.24) is 5.32 Å². The molecule has 0 spiro atoms. The Morgan fingerprint density at radius 3 is 2.33 bits per heavy atom. The zero-order valence-electron chi connectivity index (χ0n) is 14.8. The first-order valence-corrected chi connectivity index (χ1v) is 8.90. The fraction of sp³-hybridized carbons (Fsp3) is 0.368. The third-order valence-electron chi connectivity index (χ3n) is 3.87. The van der Waals surface area contributed by atoms with E-state index in [-0.39, 0.29) is 24.3 Å². The van der Waals surface area contributed by atoms with Crippen LogP contribution in [0.15, 0.2) is 23.6 Å². The first kappa shape index (κ1) is 18.2. The van der Waals surface area contributed by atoms with Gasteiger partial charge < -0.3 is 10.6 Å². The molecule has 0 saturated carbocycles. The van der Waals surface area contributed by atoms with Crippen LogP contribution in [0.1, 0.15) is 51.7 Å². The lowest BCUT2D eigenvalue weighted by atomic mass is 10.0. The fourth-order valence-electron chi connectivity index (χ4n) is 2.76. The van der Waals surface area contributed by atoms with Gasteiger partial charge in [-0.15, -0.1) is 11.3 Å². The molecule has 0 radical (unpaired) electrons. The normalized spacial score (nSPS) is 10.8. The van der Waals surface area contributed by atoms with E-state index in [9.17, 15) is 9.59 Å². The average molecular weight is 344 g/mol. The van der Waals surface area contributed by atoms with Gasteiger partial charge in [0.15, 0.2) is 0 Å². The number of thiophene rings is 1. The molecule has 1 heterocycles. The maximum atomic E-state index is 12.3. The number of hydrogen-bond donors (Lipinski definition) is 2. The lowest BCUT2D eigenvalue weighted by Gasteiger charge is -2.13.